The zero-order valence-electron chi connectivity index (χ0n) is 19.8. The van der Waals surface area contributed by atoms with Gasteiger partial charge in [-0.3, -0.25) is 14.6 Å². The Morgan fingerprint density at radius 3 is 2.71 bits per heavy atom. The average molecular weight is 488 g/mol. The van der Waals surface area contributed by atoms with Crippen molar-refractivity contribution in [3.8, 4) is 16.3 Å². The summed E-state index contributed by atoms with van der Waals surface area (Å²) in [5, 5.41) is 10.8. The smallest absolute Gasteiger partial charge is 0.300 e. The van der Waals surface area contributed by atoms with E-state index in [9.17, 15) is 4.79 Å². The van der Waals surface area contributed by atoms with Gasteiger partial charge in [0.2, 0.25) is 5.91 Å². The van der Waals surface area contributed by atoms with Crippen LogP contribution >= 0.6 is 11.3 Å². The second-order valence-electron chi connectivity index (χ2n) is 9.01. The number of aliphatic carboxylic acids is 1. The van der Waals surface area contributed by atoms with Crippen LogP contribution in [-0.2, 0) is 26.3 Å². The summed E-state index contributed by atoms with van der Waals surface area (Å²) in [5.41, 5.74) is 2.04. The number of nitrogens with zero attached hydrogens (tertiary/aromatic N) is 2. The Hall–Kier alpha value is -2.49. The molecule has 1 atom stereocenters. The molecule has 2 aromatic heterocycles. The van der Waals surface area contributed by atoms with Crippen LogP contribution in [0.15, 0.2) is 24.4 Å². The van der Waals surface area contributed by atoms with E-state index in [-0.39, 0.29) is 11.5 Å². The molecule has 2 saturated heterocycles. The Labute approximate surface area is 204 Å². The molecule has 2 aromatic rings. The molecule has 0 saturated carbocycles. The summed E-state index contributed by atoms with van der Waals surface area (Å²) in [6, 6.07) is 6.25. The molecule has 0 radical (unpaired) electrons. The van der Waals surface area contributed by atoms with Crippen molar-refractivity contribution in [2.75, 3.05) is 39.9 Å². The number of hydrogen-bond acceptors (Lipinski definition) is 7. The minimum Gasteiger partial charge on any atom is -0.495 e. The van der Waals surface area contributed by atoms with Gasteiger partial charge in [-0.05, 0) is 56.0 Å². The van der Waals surface area contributed by atoms with Crippen molar-refractivity contribution in [2.24, 2.45) is 5.92 Å². The van der Waals surface area contributed by atoms with E-state index in [2.05, 4.69) is 21.3 Å². The summed E-state index contributed by atoms with van der Waals surface area (Å²) in [4.78, 5) is 31.2. The molecular weight excluding hydrogens is 454 g/mol. The minimum absolute atomic E-state index is 0.143. The number of amides is 1. The molecule has 0 aromatic carbocycles. The van der Waals surface area contributed by atoms with E-state index in [1.165, 1.54) is 15.3 Å². The first kappa shape index (κ1) is 24.6. The van der Waals surface area contributed by atoms with Crippen LogP contribution in [0.5, 0.6) is 5.75 Å². The number of carboxylic acid groups (broad SMARTS) is 1. The number of likely N-dealkylation sites (tertiary alicyclic amines) is 1. The number of nitrogens with one attached hydrogen (secondary N) is 1. The van der Waals surface area contributed by atoms with Crippen LogP contribution in [0.1, 0.15) is 43.0 Å². The number of ether oxygens (including phenoxy) is 2. The molecule has 184 valence electrons. The maximum Gasteiger partial charge on any atom is 0.300 e. The zero-order valence-corrected chi connectivity index (χ0v) is 20.7. The molecule has 34 heavy (non-hydrogen) atoms. The number of carbonyl (C=O) groups excluding carboxylic acids is 1. The molecule has 3 aliphatic heterocycles. The molecule has 9 heteroatoms. The van der Waals surface area contributed by atoms with Crippen LogP contribution in [0.4, 0.5) is 0 Å². The number of aromatic nitrogens is 1. The summed E-state index contributed by atoms with van der Waals surface area (Å²) in [6.45, 7) is 5.25. The number of hydrogen-bond donors (Lipinski definition) is 2. The van der Waals surface area contributed by atoms with Crippen LogP contribution in [-0.4, -0.2) is 66.8 Å². The molecule has 0 bridgehead atoms. The second kappa shape index (κ2) is 10.8. The van der Waals surface area contributed by atoms with Crippen LogP contribution in [0, 0.1) is 5.92 Å². The van der Waals surface area contributed by atoms with E-state index >= 15 is 0 Å². The topological polar surface area (TPSA) is 101 Å². The predicted molar refractivity (Wildman–Crippen MR) is 130 cm³/mol. The number of thiophene rings is 1. The Morgan fingerprint density at radius 2 is 2.09 bits per heavy atom. The van der Waals surface area contributed by atoms with Gasteiger partial charge < -0.3 is 24.8 Å². The fourth-order valence-electron chi connectivity index (χ4n) is 5.01. The van der Waals surface area contributed by atoms with Crippen LogP contribution in [0.3, 0.4) is 0 Å². The van der Waals surface area contributed by atoms with E-state index < -0.39 is 5.97 Å². The van der Waals surface area contributed by atoms with Gasteiger partial charge in [-0.15, -0.1) is 11.3 Å². The first-order valence-electron chi connectivity index (χ1n) is 11.9. The van der Waals surface area contributed by atoms with E-state index in [0.717, 1.165) is 83.3 Å². The Morgan fingerprint density at radius 1 is 1.32 bits per heavy atom. The van der Waals surface area contributed by atoms with E-state index in [0.29, 0.717) is 5.91 Å². The number of piperidine rings is 2. The van der Waals surface area contributed by atoms with Crippen molar-refractivity contribution in [3.05, 3.63) is 34.8 Å². The number of rotatable bonds is 3. The van der Waals surface area contributed by atoms with Crippen molar-refractivity contribution in [1.29, 1.82) is 0 Å². The van der Waals surface area contributed by atoms with Crippen molar-refractivity contribution < 1.29 is 24.2 Å². The van der Waals surface area contributed by atoms with Gasteiger partial charge in [0.25, 0.3) is 5.97 Å². The van der Waals surface area contributed by atoms with Gasteiger partial charge in [-0.2, -0.15) is 0 Å². The lowest BCUT2D eigenvalue weighted by atomic mass is 9.81. The standard InChI is InChI=1S/C23H29N3O3S.C2H4O2/c1-28-17-4-5-19(25-15-17)21-13-18-20(30-21)6-12-29-23(18)7-10-26(11-8-23)22(27)16-3-2-9-24-14-16;1-2(3)4/h4-5,13,15-16,24H,2-3,6-12,14H2,1H3;1H3,(H,3,4). The maximum absolute atomic E-state index is 12.9. The van der Waals surface area contributed by atoms with Gasteiger partial charge in [-0.1, -0.05) is 0 Å². The minimum atomic E-state index is -0.833. The largest absolute Gasteiger partial charge is 0.495 e. The average Bonchev–Trinajstić information content (AvgIpc) is 3.31. The SMILES string of the molecule is CC(=O)O.COc1ccc(-c2cc3c(s2)CCOC32CCN(C(=O)C3CCCNC3)CC2)nc1. The number of fused-ring (bicyclic) bond motifs is 2. The molecule has 5 heterocycles. The third kappa shape index (κ3) is 5.42. The monoisotopic (exact) mass is 487 g/mol. The predicted octanol–water partition coefficient (Wildman–Crippen LogP) is 3.30. The molecule has 8 nitrogen and oxygen atoms in total. The van der Waals surface area contributed by atoms with Gasteiger partial charge >= 0.3 is 0 Å². The third-order valence-electron chi connectivity index (χ3n) is 6.76. The first-order chi connectivity index (χ1) is 16.4. The fourth-order valence-corrected chi connectivity index (χ4v) is 6.22. The second-order valence-corrected chi connectivity index (χ2v) is 10.1. The molecule has 2 fully saturated rings. The summed E-state index contributed by atoms with van der Waals surface area (Å²) >= 11 is 1.83. The quantitative estimate of drug-likeness (QED) is 0.685. The molecule has 1 unspecified atom stereocenters. The summed E-state index contributed by atoms with van der Waals surface area (Å²) < 4.78 is 11.6. The van der Waals surface area contributed by atoms with Crippen LogP contribution < -0.4 is 10.1 Å². The van der Waals surface area contributed by atoms with Crippen molar-refractivity contribution in [1.82, 2.24) is 15.2 Å². The first-order valence-corrected chi connectivity index (χ1v) is 12.7. The highest BCUT2D eigenvalue weighted by Gasteiger charge is 2.43. The molecule has 5 rings (SSSR count). The molecule has 1 amide bonds. The van der Waals surface area contributed by atoms with Crippen molar-refractivity contribution >= 4 is 23.2 Å². The van der Waals surface area contributed by atoms with E-state index in [1.807, 2.05) is 23.5 Å². The molecule has 1 spiro atoms. The highest BCUT2D eigenvalue weighted by molar-refractivity contribution is 7.15. The van der Waals surface area contributed by atoms with E-state index in [4.69, 9.17) is 19.4 Å². The Kier molecular flexibility index (Phi) is 7.85. The number of carboxylic acids is 1. The molecular formula is C25H33N3O5S. The van der Waals surface area contributed by atoms with Gasteiger partial charge in [0, 0.05) is 37.9 Å². The van der Waals surface area contributed by atoms with Crippen LogP contribution in [0.25, 0.3) is 10.6 Å². The van der Waals surface area contributed by atoms with Crippen molar-refractivity contribution in [3.63, 3.8) is 0 Å². The van der Waals surface area contributed by atoms with Gasteiger partial charge in [0.05, 0.1) is 42.0 Å². The highest BCUT2D eigenvalue weighted by atomic mass is 32.1. The summed E-state index contributed by atoms with van der Waals surface area (Å²) in [5.74, 6) is 0.399. The Balaban J connectivity index is 0.000000636. The molecule has 2 N–H and O–H groups in total. The third-order valence-corrected chi connectivity index (χ3v) is 7.98. The molecule has 0 aliphatic carbocycles. The molecule has 3 aliphatic rings. The fraction of sp³-hybridized carbons (Fsp3) is 0.560. The number of carbonyl (C=O) groups is 2. The van der Waals surface area contributed by atoms with Crippen molar-refractivity contribution in [2.45, 2.75) is 44.6 Å². The lowest BCUT2D eigenvalue weighted by molar-refractivity contribution is -0.145. The Bertz CT molecular complexity index is 988. The lowest BCUT2D eigenvalue weighted by Crippen LogP contribution is -2.51. The highest BCUT2D eigenvalue weighted by Crippen LogP contribution is 2.46. The summed E-state index contributed by atoms with van der Waals surface area (Å²) in [7, 11) is 1.66. The normalized spacial score (nSPS) is 21.2. The van der Waals surface area contributed by atoms with Gasteiger partial charge in [0.15, 0.2) is 0 Å². The zero-order chi connectivity index (χ0) is 24.1. The lowest BCUT2D eigenvalue weighted by Gasteiger charge is -2.44. The van der Waals surface area contributed by atoms with Gasteiger partial charge in [-0.25, -0.2) is 0 Å². The van der Waals surface area contributed by atoms with E-state index in [1.54, 1.807) is 13.3 Å². The van der Waals surface area contributed by atoms with Crippen LogP contribution in [0.2, 0.25) is 0 Å². The maximum atomic E-state index is 12.9. The van der Waals surface area contributed by atoms with Gasteiger partial charge in [0.1, 0.15) is 5.75 Å². The number of methoxy groups -OCH3 is 1. The number of pyridine rings is 1. The summed E-state index contributed by atoms with van der Waals surface area (Å²) in [6.07, 6.45) is 6.57.